The summed E-state index contributed by atoms with van der Waals surface area (Å²) in [5.41, 5.74) is 0.997. The van der Waals surface area contributed by atoms with Crippen molar-refractivity contribution in [1.29, 1.82) is 0 Å². The number of likely N-dealkylation sites (tertiary alicyclic amines) is 1. The van der Waals surface area contributed by atoms with Crippen molar-refractivity contribution in [3.05, 3.63) is 29.8 Å². The van der Waals surface area contributed by atoms with Gasteiger partial charge in [-0.2, -0.15) is 0 Å². The highest BCUT2D eigenvalue weighted by atomic mass is 16.5. The van der Waals surface area contributed by atoms with Crippen LogP contribution in [0.2, 0.25) is 0 Å². The second-order valence-electron chi connectivity index (χ2n) is 7.09. The van der Waals surface area contributed by atoms with Crippen molar-refractivity contribution >= 4 is 11.8 Å². The monoisotopic (exact) mass is 344 g/mol. The van der Waals surface area contributed by atoms with Gasteiger partial charge in [0, 0.05) is 19.0 Å². The SMILES string of the molecule is COc1cccc(CNC(=O)[C@H]2CCCCN2C(=O)C2CCCC2)c1. The first-order chi connectivity index (χ1) is 12.2. The molecule has 1 heterocycles. The number of nitrogens with one attached hydrogen (secondary N) is 1. The minimum absolute atomic E-state index is 0.0335. The van der Waals surface area contributed by atoms with E-state index in [1.165, 1.54) is 0 Å². The van der Waals surface area contributed by atoms with Crippen LogP contribution < -0.4 is 10.1 Å². The zero-order valence-corrected chi connectivity index (χ0v) is 15.0. The Morgan fingerprint density at radius 1 is 1.16 bits per heavy atom. The van der Waals surface area contributed by atoms with Crippen LogP contribution in [0.15, 0.2) is 24.3 Å². The van der Waals surface area contributed by atoms with E-state index in [9.17, 15) is 9.59 Å². The molecule has 2 aliphatic rings. The minimum Gasteiger partial charge on any atom is -0.497 e. The highest BCUT2D eigenvalue weighted by Crippen LogP contribution is 2.29. The molecule has 0 radical (unpaired) electrons. The molecule has 1 aliphatic heterocycles. The highest BCUT2D eigenvalue weighted by molar-refractivity contribution is 5.88. The normalized spacial score (nSPS) is 21.2. The van der Waals surface area contributed by atoms with E-state index in [1.807, 2.05) is 29.2 Å². The van der Waals surface area contributed by atoms with Gasteiger partial charge in [0.25, 0.3) is 0 Å². The molecular weight excluding hydrogens is 316 g/mol. The number of hydrogen-bond donors (Lipinski definition) is 1. The van der Waals surface area contributed by atoms with E-state index in [0.29, 0.717) is 13.1 Å². The largest absolute Gasteiger partial charge is 0.497 e. The first-order valence-electron chi connectivity index (χ1n) is 9.40. The average Bonchev–Trinajstić information content (AvgIpc) is 3.20. The van der Waals surface area contributed by atoms with Crippen LogP contribution in [0.3, 0.4) is 0 Å². The van der Waals surface area contributed by atoms with E-state index >= 15 is 0 Å². The first kappa shape index (κ1) is 17.8. The number of nitrogens with zero attached hydrogens (tertiary/aromatic N) is 1. The van der Waals surface area contributed by atoms with Gasteiger partial charge < -0.3 is 15.0 Å². The molecule has 2 amide bonds. The third-order valence-corrected chi connectivity index (χ3v) is 5.39. The molecule has 0 aromatic heterocycles. The average molecular weight is 344 g/mol. The lowest BCUT2D eigenvalue weighted by molar-refractivity contribution is -0.145. The lowest BCUT2D eigenvalue weighted by atomic mass is 9.97. The summed E-state index contributed by atoms with van der Waals surface area (Å²) in [6, 6.07) is 7.37. The molecule has 1 aliphatic carbocycles. The summed E-state index contributed by atoms with van der Waals surface area (Å²) in [4.78, 5) is 27.4. The van der Waals surface area contributed by atoms with Gasteiger partial charge in [0.05, 0.1) is 7.11 Å². The van der Waals surface area contributed by atoms with Crippen molar-refractivity contribution in [1.82, 2.24) is 10.2 Å². The van der Waals surface area contributed by atoms with E-state index in [-0.39, 0.29) is 23.8 Å². The fourth-order valence-corrected chi connectivity index (χ4v) is 3.96. The second kappa shape index (κ2) is 8.37. The van der Waals surface area contributed by atoms with E-state index in [4.69, 9.17) is 4.74 Å². The third-order valence-electron chi connectivity index (χ3n) is 5.39. The lowest BCUT2D eigenvalue weighted by Gasteiger charge is -2.36. The van der Waals surface area contributed by atoms with Gasteiger partial charge >= 0.3 is 0 Å². The fraction of sp³-hybridized carbons (Fsp3) is 0.600. The van der Waals surface area contributed by atoms with Gasteiger partial charge in [-0.25, -0.2) is 0 Å². The first-order valence-corrected chi connectivity index (χ1v) is 9.40. The van der Waals surface area contributed by atoms with Crippen LogP contribution >= 0.6 is 0 Å². The Bertz CT molecular complexity index is 611. The van der Waals surface area contributed by atoms with Crippen LogP contribution in [0.5, 0.6) is 5.75 Å². The molecule has 0 unspecified atom stereocenters. The van der Waals surface area contributed by atoms with Crippen LogP contribution in [0.25, 0.3) is 0 Å². The molecule has 1 atom stereocenters. The summed E-state index contributed by atoms with van der Waals surface area (Å²) < 4.78 is 5.22. The van der Waals surface area contributed by atoms with Crippen LogP contribution in [0, 0.1) is 5.92 Å². The summed E-state index contributed by atoms with van der Waals surface area (Å²) in [6.45, 7) is 1.17. The molecule has 1 N–H and O–H groups in total. The van der Waals surface area contributed by atoms with Gasteiger partial charge in [-0.1, -0.05) is 25.0 Å². The van der Waals surface area contributed by atoms with E-state index in [2.05, 4.69) is 5.32 Å². The maximum atomic E-state index is 12.8. The Morgan fingerprint density at radius 2 is 1.92 bits per heavy atom. The number of hydrogen-bond acceptors (Lipinski definition) is 3. The Balaban J connectivity index is 1.61. The van der Waals surface area contributed by atoms with E-state index in [0.717, 1.165) is 56.3 Å². The molecule has 1 saturated carbocycles. The molecule has 1 aromatic carbocycles. The Morgan fingerprint density at radius 3 is 2.68 bits per heavy atom. The molecule has 3 rings (SSSR count). The van der Waals surface area contributed by atoms with Crippen LogP contribution in [0.4, 0.5) is 0 Å². The van der Waals surface area contributed by atoms with Crippen molar-refractivity contribution < 1.29 is 14.3 Å². The van der Waals surface area contributed by atoms with Crippen molar-refractivity contribution in [3.63, 3.8) is 0 Å². The molecule has 136 valence electrons. The molecule has 0 bridgehead atoms. The summed E-state index contributed by atoms with van der Waals surface area (Å²) in [5.74, 6) is 1.07. The molecule has 25 heavy (non-hydrogen) atoms. The number of piperidine rings is 1. The molecule has 2 fully saturated rings. The number of ether oxygens (including phenoxy) is 1. The quantitative estimate of drug-likeness (QED) is 0.893. The van der Waals surface area contributed by atoms with Crippen molar-refractivity contribution in [2.75, 3.05) is 13.7 Å². The second-order valence-corrected chi connectivity index (χ2v) is 7.09. The third kappa shape index (κ3) is 4.33. The highest BCUT2D eigenvalue weighted by Gasteiger charge is 2.36. The number of benzene rings is 1. The number of amides is 2. The summed E-state index contributed by atoms with van der Waals surface area (Å²) in [5, 5.41) is 3.01. The number of rotatable bonds is 5. The van der Waals surface area contributed by atoms with Crippen molar-refractivity contribution in [2.45, 2.75) is 57.5 Å². The van der Waals surface area contributed by atoms with Gasteiger partial charge in [0.2, 0.25) is 11.8 Å². The molecule has 1 saturated heterocycles. The predicted molar refractivity (Wildman–Crippen MR) is 96.2 cm³/mol. The Kier molecular flexibility index (Phi) is 5.95. The number of carbonyl (C=O) groups excluding carboxylic acids is 2. The van der Waals surface area contributed by atoms with E-state index < -0.39 is 0 Å². The summed E-state index contributed by atoms with van der Waals surface area (Å²) >= 11 is 0. The van der Waals surface area contributed by atoms with Crippen LogP contribution in [-0.2, 0) is 16.1 Å². The zero-order valence-electron chi connectivity index (χ0n) is 15.0. The van der Waals surface area contributed by atoms with Gasteiger partial charge in [-0.15, -0.1) is 0 Å². The molecule has 5 nitrogen and oxygen atoms in total. The van der Waals surface area contributed by atoms with E-state index in [1.54, 1.807) is 7.11 Å². The molecular formula is C20H28N2O3. The molecule has 5 heteroatoms. The topological polar surface area (TPSA) is 58.6 Å². The smallest absolute Gasteiger partial charge is 0.243 e. The Hall–Kier alpha value is -2.04. The van der Waals surface area contributed by atoms with Gasteiger partial charge in [0.15, 0.2) is 0 Å². The van der Waals surface area contributed by atoms with Gasteiger partial charge in [-0.05, 0) is 49.8 Å². The number of carbonyl (C=O) groups is 2. The predicted octanol–water partition coefficient (Wildman–Crippen LogP) is 2.88. The lowest BCUT2D eigenvalue weighted by Crippen LogP contribution is -2.53. The van der Waals surface area contributed by atoms with Gasteiger partial charge in [0.1, 0.15) is 11.8 Å². The Labute approximate surface area is 149 Å². The standard InChI is InChI=1S/C20H28N2O3/c1-25-17-10-6-7-15(13-17)14-21-19(23)18-11-4-5-12-22(18)20(24)16-8-2-3-9-16/h6-7,10,13,16,18H,2-5,8-9,11-12,14H2,1H3,(H,21,23)/t18-/m1/s1. The summed E-state index contributed by atoms with van der Waals surface area (Å²) in [7, 11) is 1.63. The van der Waals surface area contributed by atoms with Crippen molar-refractivity contribution in [2.24, 2.45) is 5.92 Å². The molecule has 1 aromatic rings. The van der Waals surface area contributed by atoms with Gasteiger partial charge in [-0.3, -0.25) is 9.59 Å². The maximum absolute atomic E-state index is 12.8. The van der Waals surface area contributed by atoms with Crippen LogP contribution in [0.1, 0.15) is 50.5 Å². The fourth-order valence-electron chi connectivity index (χ4n) is 3.96. The zero-order chi connectivity index (χ0) is 17.6. The summed E-state index contributed by atoms with van der Waals surface area (Å²) in [6.07, 6.45) is 7.00. The van der Waals surface area contributed by atoms with Crippen molar-refractivity contribution in [3.8, 4) is 5.75 Å². The number of methoxy groups -OCH3 is 1. The van der Waals surface area contributed by atoms with Crippen LogP contribution in [-0.4, -0.2) is 36.4 Å². The maximum Gasteiger partial charge on any atom is 0.243 e. The minimum atomic E-state index is -0.313. The molecule has 0 spiro atoms.